The lowest BCUT2D eigenvalue weighted by molar-refractivity contribution is -0.835. The van der Waals surface area contributed by atoms with Crippen LogP contribution in [0.2, 0.25) is 0 Å². The van der Waals surface area contributed by atoms with Crippen molar-refractivity contribution in [1.82, 2.24) is 9.80 Å². The lowest BCUT2D eigenvalue weighted by atomic mass is 10.2. The van der Waals surface area contributed by atoms with Crippen molar-refractivity contribution >= 4 is 17.4 Å². The number of unbranched alkanes of at least 4 members (excludes halogenated alkanes) is 1. The summed E-state index contributed by atoms with van der Waals surface area (Å²) >= 11 is 2.01. The van der Waals surface area contributed by atoms with Crippen LogP contribution in [0.25, 0.3) is 0 Å². The minimum atomic E-state index is 0.466. The Balaban J connectivity index is 1.66. The number of fused-ring (bicyclic) bond motifs is 1. The van der Waals surface area contributed by atoms with E-state index < -0.39 is 0 Å². The van der Waals surface area contributed by atoms with Crippen molar-refractivity contribution in [2.75, 3.05) is 33.2 Å². The predicted molar refractivity (Wildman–Crippen MR) is 113 cm³/mol. The van der Waals surface area contributed by atoms with Gasteiger partial charge in [-0.15, -0.1) is 0 Å². The molecule has 0 bridgehead atoms. The number of allylic oxidation sites excluding steroid dienone is 3. The normalized spacial score (nSPS) is 21.5. The largest absolute Gasteiger partial charge is 0.357 e. The van der Waals surface area contributed by atoms with Crippen LogP contribution in [0.1, 0.15) is 26.7 Å². The molecule has 2 aliphatic heterocycles. The van der Waals surface area contributed by atoms with Crippen molar-refractivity contribution in [2.24, 2.45) is 0 Å². The van der Waals surface area contributed by atoms with Gasteiger partial charge < -0.3 is 9.80 Å². The van der Waals surface area contributed by atoms with Crippen LogP contribution in [0.5, 0.6) is 0 Å². The monoisotopic (exact) mass is 370 g/mol. The molecule has 1 N–H and O–H groups in total. The number of para-hydroxylation sites is 1. The molecule has 26 heavy (non-hydrogen) atoms. The van der Waals surface area contributed by atoms with Gasteiger partial charge in [-0.05, 0) is 62.3 Å². The number of benzene rings is 1. The van der Waals surface area contributed by atoms with Crippen molar-refractivity contribution in [3.05, 3.63) is 60.5 Å². The molecule has 1 aromatic carbocycles. The van der Waals surface area contributed by atoms with Gasteiger partial charge in [0.1, 0.15) is 5.69 Å². The maximum Gasteiger partial charge on any atom is 0.163 e. The number of thioether (sulfide) groups is 1. The molecule has 2 aliphatic rings. The van der Waals surface area contributed by atoms with Crippen LogP contribution in [-0.2, 0) is 0 Å². The number of hydrogen-bond acceptors (Lipinski definition) is 3. The van der Waals surface area contributed by atoms with Crippen LogP contribution < -0.4 is 4.90 Å². The summed E-state index contributed by atoms with van der Waals surface area (Å²) in [5.41, 5.74) is 2.79. The van der Waals surface area contributed by atoms with Crippen molar-refractivity contribution in [3.63, 3.8) is 0 Å². The first kappa shape index (κ1) is 19.3. The molecule has 2 atom stereocenters. The van der Waals surface area contributed by atoms with Crippen molar-refractivity contribution in [1.29, 1.82) is 0 Å². The highest BCUT2D eigenvalue weighted by atomic mass is 32.2. The Hall–Kier alpha value is -1.49. The van der Waals surface area contributed by atoms with E-state index in [0.717, 1.165) is 13.1 Å². The zero-order valence-electron chi connectivity index (χ0n) is 16.3. The smallest absolute Gasteiger partial charge is 0.163 e. The third kappa shape index (κ3) is 4.81. The van der Waals surface area contributed by atoms with E-state index in [1.807, 2.05) is 11.8 Å². The molecule has 0 saturated heterocycles. The summed E-state index contributed by atoms with van der Waals surface area (Å²) in [7, 11) is 2.07. The number of nitrogens with one attached hydrogen (secondary N) is 1. The van der Waals surface area contributed by atoms with Crippen molar-refractivity contribution < 1.29 is 4.90 Å². The standard InChI is InChI=1S/C22H31N3S/c1-4-24(5-2)14-8-9-15-25-20-10-6-7-11-21(20)26-22(25)18-19-12-16-23(3)17-13-19/h6-7,10-13,16-18,22H,4-5,8-9,14-15H2,1-3H3/p+1. The van der Waals surface area contributed by atoms with E-state index in [1.165, 1.54) is 42.1 Å². The average molecular weight is 371 g/mol. The maximum absolute atomic E-state index is 2.52. The summed E-state index contributed by atoms with van der Waals surface area (Å²) in [5, 5.41) is 0.466. The van der Waals surface area contributed by atoms with Gasteiger partial charge in [0, 0.05) is 25.5 Å². The maximum atomic E-state index is 2.52. The van der Waals surface area contributed by atoms with Gasteiger partial charge in [-0.25, -0.2) is 0 Å². The zero-order chi connectivity index (χ0) is 18.4. The van der Waals surface area contributed by atoms with E-state index in [-0.39, 0.29) is 0 Å². The highest BCUT2D eigenvalue weighted by Gasteiger charge is 2.33. The van der Waals surface area contributed by atoms with Crippen molar-refractivity contribution in [3.8, 4) is 0 Å². The van der Waals surface area contributed by atoms with Crippen LogP contribution in [0.4, 0.5) is 5.69 Å². The van der Waals surface area contributed by atoms with E-state index in [4.69, 9.17) is 0 Å². The lowest BCUT2D eigenvalue weighted by Gasteiger charge is -2.21. The Morgan fingerprint density at radius 3 is 2.58 bits per heavy atom. The first-order chi connectivity index (χ1) is 12.7. The summed E-state index contributed by atoms with van der Waals surface area (Å²) in [6, 6.07) is 8.92. The van der Waals surface area contributed by atoms with Gasteiger partial charge in [0.2, 0.25) is 0 Å². The molecule has 1 aromatic rings. The van der Waals surface area contributed by atoms with Crippen LogP contribution in [-0.4, -0.2) is 48.4 Å². The molecule has 0 saturated carbocycles. The molecule has 3 nitrogen and oxygen atoms in total. The molecule has 2 heterocycles. The van der Waals surface area contributed by atoms with Crippen LogP contribution in [0, 0.1) is 0 Å². The topological polar surface area (TPSA) is 10.9 Å². The van der Waals surface area contributed by atoms with E-state index >= 15 is 0 Å². The van der Waals surface area contributed by atoms with Gasteiger partial charge in [-0.3, -0.25) is 4.90 Å². The van der Waals surface area contributed by atoms with Gasteiger partial charge in [-0.1, -0.05) is 37.7 Å². The van der Waals surface area contributed by atoms with E-state index in [9.17, 15) is 0 Å². The molecule has 2 unspecified atom stereocenters. The number of quaternary nitrogens is 1. The Bertz CT molecular complexity index is 660. The zero-order valence-corrected chi connectivity index (χ0v) is 17.1. The lowest BCUT2D eigenvalue weighted by Crippen LogP contribution is -3.09. The highest BCUT2D eigenvalue weighted by Crippen LogP contribution is 2.34. The molecule has 0 fully saturated rings. The summed E-state index contributed by atoms with van der Waals surface area (Å²) in [5.74, 6) is 0. The van der Waals surface area contributed by atoms with E-state index in [2.05, 4.69) is 85.6 Å². The van der Waals surface area contributed by atoms with Gasteiger partial charge >= 0.3 is 0 Å². The molecule has 140 valence electrons. The Morgan fingerprint density at radius 1 is 1.12 bits per heavy atom. The quantitative estimate of drug-likeness (QED) is 0.701. The van der Waals surface area contributed by atoms with Crippen LogP contribution in [0.3, 0.4) is 0 Å². The highest BCUT2D eigenvalue weighted by molar-refractivity contribution is 8.00. The molecule has 0 amide bonds. The Kier molecular flexibility index (Phi) is 7.00. The van der Waals surface area contributed by atoms with Gasteiger partial charge in [0.25, 0.3) is 0 Å². The van der Waals surface area contributed by atoms with Crippen LogP contribution >= 0.6 is 11.8 Å². The molecular weight excluding hydrogens is 338 g/mol. The van der Waals surface area contributed by atoms with E-state index in [1.54, 1.807) is 4.90 Å². The van der Waals surface area contributed by atoms with Gasteiger partial charge in [-0.2, -0.15) is 0 Å². The minimum Gasteiger partial charge on any atom is -0.357 e. The molecule has 3 rings (SSSR count). The molecule has 0 aromatic heterocycles. The Labute approximate surface area is 163 Å². The minimum absolute atomic E-state index is 0.466. The van der Waals surface area contributed by atoms with Crippen molar-refractivity contribution in [2.45, 2.75) is 37.0 Å². The van der Waals surface area contributed by atoms with E-state index in [0.29, 0.717) is 5.37 Å². The first-order valence-corrected chi connectivity index (χ1v) is 10.7. The molecule has 0 radical (unpaired) electrons. The third-order valence-corrected chi connectivity index (χ3v) is 6.53. The predicted octanol–water partition coefficient (Wildman–Crippen LogP) is 3.66. The Morgan fingerprint density at radius 2 is 1.85 bits per heavy atom. The van der Waals surface area contributed by atoms with Gasteiger partial charge in [0.15, 0.2) is 5.37 Å². The summed E-state index contributed by atoms with van der Waals surface area (Å²) in [4.78, 5) is 7.66. The fourth-order valence-electron chi connectivity index (χ4n) is 3.60. The second-order valence-electron chi connectivity index (χ2n) is 7.01. The molecular formula is C22H32N3S+. The number of nitrogens with zero attached hydrogens (tertiary/aromatic N) is 2. The second kappa shape index (κ2) is 9.45. The summed E-state index contributed by atoms with van der Waals surface area (Å²) in [6.07, 6.45) is 13.7. The fourth-order valence-corrected chi connectivity index (χ4v) is 4.97. The summed E-state index contributed by atoms with van der Waals surface area (Å²) in [6.45, 7) is 9.26. The van der Waals surface area contributed by atoms with Gasteiger partial charge in [0.05, 0.1) is 11.4 Å². The number of hydrogen-bond donors (Lipinski definition) is 1. The second-order valence-corrected chi connectivity index (χ2v) is 8.19. The first-order valence-electron chi connectivity index (χ1n) is 9.85. The molecule has 0 aliphatic carbocycles. The third-order valence-electron chi connectivity index (χ3n) is 5.24. The fraction of sp³-hybridized carbons (Fsp3) is 0.455. The SMILES string of the molecule is CCN(CC)CCCC[NH+]1c2ccccc2SC1C=C1C=CN(C)C=C1. The number of rotatable bonds is 8. The molecule has 4 heteroatoms. The van der Waals surface area contributed by atoms with Crippen LogP contribution in [0.15, 0.2) is 65.4 Å². The summed E-state index contributed by atoms with van der Waals surface area (Å²) < 4.78 is 0. The average Bonchev–Trinajstić information content (AvgIpc) is 3.01. The molecule has 0 spiro atoms.